The Hall–Kier alpha value is -2.65. The normalized spacial score (nSPS) is 21.3. The van der Waals surface area contributed by atoms with Gasteiger partial charge < -0.3 is 15.1 Å². The lowest BCUT2D eigenvalue weighted by Crippen LogP contribution is -2.49. The highest BCUT2D eigenvalue weighted by Crippen LogP contribution is 2.42. The Bertz CT molecular complexity index is 1120. The SMILES string of the molecule is Cc1cc2c(o1)CC(C)(C)C[C@H]2NC(=O)c1ccc(S(=O)(=O)N2CCNC(=O)C2)cc1. The van der Waals surface area contributed by atoms with Gasteiger partial charge in [-0.1, -0.05) is 13.8 Å². The molecular formula is C22H27N3O5S. The van der Waals surface area contributed by atoms with Crippen LogP contribution in [0, 0.1) is 12.3 Å². The number of piperazine rings is 1. The summed E-state index contributed by atoms with van der Waals surface area (Å²) in [6.45, 7) is 6.50. The average Bonchev–Trinajstić information content (AvgIpc) is 3.07. The Morgan fingerprint density at radius 2 is 1.97 bits per heavy atom. The predicted molar refractivity (Wildman–Crippen MR) is 114 cm³/mol. The lowest BCUT2D eigenvalue weighted by Gasteiger charge is -2.34. The smallest absolute Gasteiger partial charge is 0.251 e. The minimum atomic E-state index is -3.79. The van der Waals surface area contributed by atoms with Crippen LogP contribution in [0.5, 0.6) is 0 Å². The Balaban J connectivity index is 1.51. The minimum Gasteiger partial charge on any atom is -0.466 e. The zero-order chi connectivity index (χ0) is 22.4. The molecule has 0 spiro atoms. The molecule has 1 saturated heterocycles. The van der Waals surface area contributed by atoms with Crippen molar-refractivity contribution < 1.29 is 22.4 Å². The number of aryl methyl sites for hydroxylation is 1. The molecule has 1 atom stereocenters. The lowest BCUT2D eigenvalue weighted by molar-refractivity contribution is -0.122. The summed E-state index contributed by atoms with van der Waals surface area (Å²) >= 11 is 0. The van der Waals surface area contributed by atoms with Gasteiger partial charge in [-0.15, -0.1) is 0 Å². The van der Waals surface area contributed by atoms with Gasteiger partial charge in [-0.3, -0.25) is 9.59 Å². The molecule has 1 aliphatic carbocycles. The van der Waals surface area contributed by atoms with Crippen molar-refractivity contribution in [2.24, 2.45) is 5.41 Å². The molecule has 1 aromatic carbocycles. The fourth-order valence-corrected chi connectivity index (χ4v) is 5.70. The van der Waals surface area contributed by atoms with E-state index in [9.17, 15) is 18.0 Å². The number of benzene rings is 1. The molecular weight excluding hydrogens is 418 g/mol. The third-order valence-electron chi connectivity index (χ3n) is 5.80. The first-order valence-corrected chi connectivity index (χ1v) is 11.8. The molecule has 1 aliphatic heterocycles. The Labute approximate surface area is 182 Å². The molecule has 31 heavy (non-hydrogen) atoms. The Morgan fingerprint density at radius 3 is 2.65 bits per heavy atom. The highest BCUT2D eigenvalue weighted by atomic mass is 32.2. The number of carbonyl (C=O) groups excluding carboxylic acids is 2. The molecule has 2 heterocycles. The monoisotopic (exact) mass is 445 g/mol. The highest BCUT2D eigenvalue weighted by molar-refractivity contribution is 7.89. The number of amides is 2. The van der Waals surface area contributed by atoms with E-state index < -0.39 is 10.0 Å². The van der Waals surface area contributed by atoms with E-state index in [0.29, 0.717) is 5.56 Å². The van der Waals surface area contributed by atoms with E-state index >= 15 is 0 Å². The standard InChI is InChI=1S/C22H27N3O5S/c1-14-10-17-18(11-22(2,3)12-19(17)30-14)24-21(27)15-4-6-16(7-5-15)31(28,29)25-9-8-23-20(26)13-25/h4-7,10,18H,8-9,11-13H2,1-3H3,(H,23,26)(H,24,27)/t18-/m1/s1. The quantitative estimate of drug-likeness (QED) is 0.750. The number of hydrogen-bond donors (Lipinski definition) is 2. The molecule has 1 fully saturated rings. The van der Waals surface area contributed by atoms with Gasteiger partial charge in [0.2, 0.25) is 15.9 Å². The summed E-state index contributed by atoms with van der Waals surface area (Å²) in [4.78, 5) is 24.5. The number of furan rings is 1. The molecule has 2 aliphatic rings. The lowest BCUT2D eigenvalue weighted by atomic mass is 9.74. The van der Waals surface area contributed by atoms with Crippen molar-refractivity contribution in [3.8, 4) is 0 Å². The maximum Gasteiger partial charge on any atom is 0.251 e. The molecule has 2 amide bonds. The van der Waals surface area contributed by atoms with E-state index in [0.717, 1.165) is 34.2 Å². The van der Waals surface area contributed by atoms with Crippen LogP contribution in [0.25, 0.3) is 0 Å². The van der Waals surface area contributed by atoms with Crippen LogP contribution < -0.4 is 10.6 Å². The summed E-state index contributed by atoms with van der Waals surface area (Å²) in [7, 11) is -3.79. The summed E-state index contributed by atoms with van der Waals surface area (Å²) in [5.74, 6) is 1.14. The van der Waals surface area contributed by atoms with Gasteiger partial charge >= 0.3 is 0 Å². The van der Waals surface area contributed by atoms with Crippen LogP contribution in [0.1, 0.15) is 53.8 Å². The first-order valence-electron chi connectivity index (χ1n) is 10.3. The van der Waals surface area contributed by atoms with Crippen LogP contribution in [-0.2, 0) is 21.2 Å². The van der Waals surface area contributed by atoms with Crippen LogP contribution >= 0.6 is 0 Å². The van der Waals surface area contributed by atoms with Crippen LogP contribution in [0.4, 0.5) is 0 Å². The second-order valence-corrected chi connectivity index (χ2v) is 11.0. The number of fused-ring (bicyclic) bond motifs is 1. The average molecular weight is 446 g/mol. The van der Waals surface area contributed by atoms with Crippen molar-refractivity contribution in [2.75, 3.05) is 19.6 Å². The highest BCUT2D eigenvalue weighted by Gasteiger charge is 2.36. The molecule has 2 aromatic rings. The van der Waals surface area contributed by atoms with Crippen molar-refractivity contribution in [3.63, 3.8) is 0 Å². The predicted octanol–water partition coefficient (Wildman–Crippen LogP) is 2.15. The fourth-order valence-electron chi connectivity index (χ4n) is 4.30. The fraction of sp³-hybridized carbons (Fsp3) is 0.455. The molecule has 0 bridgehead atoms. The number of carbonyl (C=O) groups is 2. The number of hydrogen-bond acceptors (Lipinski definition) is 5. The summed E-state index contributed by atoms with van der Waals surface area (Å²) in [5.41, 5.74) is 1.38. The van der Waals surface area contributed by atoms with E-state index in [-0.39, 0.29) is 47.8 Å². The molecule has 166 valence electrons. The number of nitrogens with one attached hydrogen (secondary N) is 2. The topological polar surface area (TPSA) is 109 Å². The maximum absolute atomic E-state index is 12.9. The third-order valence-corrected chi connectivity index (χ3v) is 7.66. The van der Waals surface area contributed by atoms with Crippen molar-refractivity contribution in [3.05, 3.63) is 53.0 Å². The van der Waals surface area contributed by atoms with Crippen molar-refractivity contribution >= 4 is 21.8 Å². The molecule has 0 unspecified atom stereocenters. The van der Waals surface area contributed by atoms with Gasteiger partial charge in [-0.2, -0.15) is 4.31 Å². The van der Waals surface area contributed by atoms with E-state index in [4.69, 9.17) is 4.42 Å². The summed E-state index contributed by atoms with van der Waals surface area (Å²) in [6, 6.07) is 7.63. The Kier molecular flexibility index (Phi) is 5.43. The number of rotatable bonds is 4. The minimum absolute atomic E-state index is 0.00604. The summed E-state index contributed by atoms with van der Waals surface area (Å²) in [5, 5.41) is 5.68. The molecule has 4 rings (SSSR count). The van der Waals surface area contributed by atoms with E-state index in [1.807, 2.05) is 13.0 Å². The largest absolute Gasteiger partial charge is 0.466 e. The summed E-state index contributed by atoms with van der Waals surface area (Å²) in [6.07, 6.45) is 1.61. The second kappa shape index (κ2) is 7.80. The van der Waals surface area contributed by atoms with Gasteiger partial charge in [0.1, 0.15) is 11.5 Å². The van der Waals surface area contributed by atoms with Crippen LogP contribution in [0.15, 0.2) is 39.6 Å². The van der Waals surface area contributed by atoms with Crippen LogP contribution in [0.3, 0.4) is 0 Å². The second-order valence-electron chi connectivity index (χ2n) is 9.02. The zero-order valence-electron chi connectivity index (χ0n) is 17.9. The van der Waals surface area contributed by atoms with Crippen LogP contribution in [-0.4, -0.2) is 44.2 Å². The maximum atomic E-state index is 12.9. The Morgan fingerprint density at radius 1 is 1.26 bits per heavy atom. The first kappa shape index (κ1) is 21.6. The van der Waals surface area contributed by atoms with E-state index in [1.165, 1.54) is 24.3 Å². The van der Waals surface area contributed by atoms with Crippen molar-refractivity contribution in [2.45, 2.75) is 44.6 Å². The van der Waals surface area contributed by atoms with Gasteiger partial charge in [0.15, 0.2) is 0 Å². The van der Waals surface area contributed by atoms with Crippen LogP contribution in [0.2, 0.25) is 0 Å². The number of nitrogens with zero attached hydrogens (tertiary/aromatic N) is 1. The molecule has 2 N–H and O–H groups in total. The molecule has 0 radical (unpaired) electrons. The third kappa shape index (κ3) is 4.38. The summed E-state index contributed by atoms with van der Waals surface area (Å²) < 4.78 is 32.5. The van der Waals surface area contributed by atoms with Gasteiger partial charge in [0.05, 0.1) is 17.5 Å². The molecule has 9 heteroatoms. The van der Waals surface area contributed by atoms with Crippen molar-refractivity contribution in [1.82, 2.24) is 14.9 Å². The van der Waals surface area contributed by atoms with Crippen molar-refractivity contribution in [1.29, 1.82) is 0 Å². The molecule has 8 nitrogen and oxygen atoms in total. The van der Waals surface area contributed by atoms with Gasteiger partial charge in [0.25, 0.3) is 5.91 Å². The number of sulfonamides is 1. The van der Waals surface area contributed by atoms with Gasteiger partial charge in [0, 0.05) is 30.6 Å². The molecule has 0 saturated carbocycles. The van der Waals surface area contributed by atoms with Gasteiger partial charge in [-0.05, 0) is 49.1 Å². The van der Waals surface area contributed by atoms with E-state index in [1.54, 1.807) is 0 Å². The molecule has 1 aromatic heterocycles. The van der Waals surface area contributed by atoms with E-state index in [2.05, 4.69) is 24.5 Å². The van der Waals surface area contributed by atoms with Gasteiger partial charge in [-0.25, -0.2) is 8.42 Å². The first-order chi connectivity index (χ1) is 14.5. The zero-order valence-corrected chi connectivity index (χ0v) is 18.7.